The van der Waals surface area contributed by atoms with E-state index in [4.69, 9.17) is 5.11 Å². The maximum absolute atomic E-state index is 11.3. The van der Waals surface area contributed by atoms with Crippen LogP contribution in [-0.4, -0.2) is 55.7 Å². The third-order valence-corrected chi connectivity index (χ3v) is 5.38. The number of aliphatic hydroxyl groups excluding tert-OH is 1. The Morgan fingerprint density at radius 2 is 1.87 bits per heavy atom. The van der Waals surface area contributed by atoms with Gasteiger partial charge in [-0.15, -0.1) is 0 Å². The minimum Gasteiger partial charge on any atom is -0.396 e. The minimum atomic E-state index is -2.75. The molecular formula is C10H19NO3S. The van der Waals surface area contributed by atoms with E-state index in [1.165, 1.54) is 0 Å². The molecule has 2 aliphatic rings. The lowest BCUT2D eigenvalue weighted by molar-refractivity contribution is 0.108. The van der Waals surface area contributed by atoms with Crippen LogP contribution in [0, 0.1) is 5.92 Å². The van der Waals surface area contributed by atoms with Gasteiger partial charge in [0, 0.05) is 12.6 Å². The lowest BCUT2D eigenvalue weighted by Crippen LogP contribution is -2.42. The fourth-order valence-corrected chi connectivity index (χ4v) is 4.33. The molecule has 0 aromatic carbocycles. The molecule has 0 unspecified atom stereocenters. The maximum atomic E-state index is 11.3. The largest absolute Gasteiger partial charge is 0.396 e. The topological polar surface area (TPSA) is 57.6 Å². The summed E-state index contributed by atoms with van der Waals surface area (Å²) in [6.45, 7) is 2.17. The molecule has 0 radical (unpaired) electrons. The standard InChI is InChI=1S/C10H19NO3S/c12-7-9-1-4-11(5-2-9)10-3-6-15(13,14)8-10/h9-10,12H,1-8H2/t10-/m0/s1. The van der Waals surface area contributed by atoms with Crippen molar-refractivity contribution in [2.45, 2.75) is 25.3 Å². The Morgan fingerprint density at radius 3 is 2.33 bits per heavy atom. The summed E-state index contributed by atoms with van der Waals surface area (Å²) in [5.41, 5.74) is 0. The van der Waals surface area contributed by atoms with Crippen molar-refractivity contribution in [2.75, 3.05) is 31.2 Å². The van der Waals surface area contributed by atoms with Gasteiger partial charge in [0.05, 0.1) is 11.5 Å². The zero-order chi connectivity index (χ0) is 10.9. The van der Waals surface area contributed by atoms with Crippen molar-refractivity contribution in [1.29, 1.82) is 0 Å². The smallest absolute Gasteiger partial charge is 0.151 e. The van der Waals surface area contributed by atoms with E-state index in [0.29, 0.717) is 17.4 Å². The van der Waals surface area contributed by atoms with Gasteiger partial charge in [0.1, 0.15) is 0 Å². The van der Waals surface area contributed by atoms with Crippen LogP contribution in [0.5, 0.6) is 0 Å². The molecule has 0 aliphatic carbocycles. The van der Waals surface area contributed by atoms with Crippen LogP contribution in [0.2, 0.25) is 0 Å². The lowest BCUT2D eigenvalue weighted by Gasteiger charge is -2.34. The highest BCUT2D eigenvalue weighted by Gasteiger charge is 2.33. The Labute approximate surface area is 91.2 Å². The summed E-state index contributed by atoms with van der Waals surface area (Å²) in [5, 5.41) is 9.01. The van der Waals surface area contributed by atoms with Crippen LogP contribution in [-0.2, 0) is 9.84 Å². The van der Waals surface area contributed by atoms with E-state index in [2.05, 4.69) is 4.90 Å². The number of nitrogens with zero attached hydrogens (tertiary/aromatic N) is 1. The van der Waals surface area contributed by atoms with Crippen LogP contribution in [0.4, 0.5) is 0 Å². The molecule has 2 heterocycles. The first-order valence-electron chi connectivity index (χ1n) is 5.66. The second-order valence-corrected chi connectivity index (χ2v) is 6.95. The first kappa shape index (κ1) is 11.4. The molecule has 1 atom stereocenters. The molecule has 0 saturated carbocycles. The second kappa shape index (κ2) is 4.39. The van der Waals surface area contributed by atoms with Crippen molar-refractivity contribution >= 4 is 9.84 Å². The van der Waals surface area contributed by atoms with E-state index in [0.717, 1.165) is 32.4 Å². The number of hydrogen-bond acceptors (Lipinski definition) is 4. The highest BCUT2D eigenvalue weighted by atomic mass is 32.2. The highest BCUT2D eigenvalue weighted by Crippen LogP contribution is 2.23. The number of piperidine rings is 1. The van der Waals surface area contributed by atoms with E-state index < -0.39 is 9.84 Å². The summed E-state index contributed by atoms with van der Waals surface area (Å²) in [6.07, 6.45) is 2.81. The second-order valence-electron chi connectivity index (χ2n) is 4.72. The first-order valence-corrected chi connectivity index (χ1v) is 7.48. The molecule has 2 saturated heterocycles. The molecular weight excluding hydrogens is 214 g/mol. The molecule has 2 rings (SSSR count). The summed E-state index contributed by atoms with van der Waals surface area (Å²) in [5.74, 6) is 1.13. The molecule has 0 aromatic rings. The lowest BCUT2D eigenvalue weighted by atomic mass is 9.96. The van der Waals surface area contributed by atoms with Crippen LogP contribution >= 0.6 is 0 Å². The third-order valence-electron chi connectivity index (χ3n) is 3.63. The summed E-state index contributed by atoms with van der Waals surface area (Å²) < 4.78 is 22.7. The van der Waals surface area contributed by atoms with Gasteiger partial charge in [0.15, 0.2) is 9.84 Å². The maximum Gasteiger partial charge on any atom is 0.151 e. The van der Waals surface area contributed by atoms with Crippen molar-refractivity contribution in [3.05, 3.63) is 0 Å². The highest BCUT2D eigenvalue weighted by molar-refractivity contribution is 7.91. The van der Waals surface area contributed by atoms with Crippen LogP contribution in [0.1, 0.15) is 19.3 Å². The first-order chi connectivity index (χ1) is 7.11. The summed E-state index contributed by atoms with van der Waals surface area (Å²) in [6, 6.07) is 0.245. The Hall–Kier alpha value is -0.130. The average molecular weight is 233 g/mol. The molecule has 0 spiro atoms. The zero-order valence-electron chi connectivity index (χ0n) is 8.93. The molecule has 0 bridgehead atoms. The zero-order valence-corrected chi connectivity index (χ0v) is 9.75. The number of rotatable bonds is 2. The Balaban J connectivity index is 1.87. The van der Waals surface area contributed by atoms with Gasteiger partial charge in [0.25, 0.3) is 0 Å². The molecule has 4 nitrogen and oxygen atoms in total. The predicted octanol–water partition coefficient (Wildman–Crippen LogP) is -0.122. The fraction of sp³-hybridized carbons (Fsp3) is 1.00. The van der Waals surface area contributed by atoms with Gasteiger partial charge in [-0.05, 0) is 38.3 Å². The molecule has 0 amide bonds. The summed E-state index contributed by atoms with van der Waals surface area (Å²) >= 11 is 0. The van der Waals surface area contributed by atoms with E-state index in [-0.39, 0.29) is 12.6 Å². The molecule has 15 heavy (non-hydrogen) atoms. The molecule has 5 heteroatoms. The van der Waals surface area contributed by atoms with Crippen molar-refractivity contribution < 1.29 is 13.5 Å². The van der Waals surface area contributed by atoms with Crippen molar-refractivity contribution in [3.8, 4) is 0 Å². The van der Waals surface area contributed by atoms with Crippen molar-refractivity contribution in [1.82, 2.24) is 4.90 Å². The van der Waals surface area contributed by atoms with Gasteiger partial charge in [0.2, 0.25) is 0 Å². The number of aliphatic hydroxyl groups is 1. The van der Waals surface area contributed by atoms with E-state index in [9.17, 15) is 8.42 Å². The number of sulfone groups is 1. The van der Waals surface area contributed by atoms with Crippen LogP contribution in [0.15, 0.2) is 0 Å². The van der Waals surface area contributed by atoms with Crippen molar-refractivity contribution in [3.63, 3.8) is 0 Å². The van der Waals surface area contributed by atoms with Gasteiger partial charge in [-0.2, -0.15) is 0 Å². The van der Waals surface area contributed by atoms with Crippen LogP contribution in [0.3, 0.4) is 0 Å². The molecule has 0 aromatic heterocycles. The molecule has 2 aliphatic heterocycles. The molecule has 1 N–H and O–H groups in total. The normalized spacial score (nSPS) is 33.3. The van der Waals surface area contributed by atoms with Crippen molar-refractivity contribution in [2.24, 2.45) is 5.92 Å². The van der Waals surface area contributed by atoms with Gasteiger partial charge >= 0.3 is 0 Å². The molecule has 88 valence electrons. The quantitative estimate of drug-likeness (QED) is 0.722. The SMILES string of the molecule is O=S1(=O)CC[C@H](N2CCC(CO)CC2)C1. The fourth-order valence-electron chi connectivity index (χ4n) is 2.56. The summed E-state index contributed by atoms with van der Waals surface area (Å²) in [4.78, 5) is 2.29. The van der Waals surface area contributed by atoms with Gasteiger partial charge in [-0.25, -0.2) is 8.42 Å². The summed E-state index contributed by atoms with van der Waals surface area (Å²) in [7, 11) is -2.75. The van der Waals surface area contributed by atoms with E-state index >= 15 is 0 Å². The van der Waals surface area contributed by atoms with E-state index in [1.54, 1.807) is 0 Å². The van der Waals surface area contributed by atoms with Crippen LogP contribution < -0.4 is 0 Å². The van der Waals surface area contributed by atoms with Gasteiger partial charge in [-0.1, -0.05) is 0 Å². The third kappa shape index (κ3) is 2.71. The van der Waals surface area contributed by atoms with E-state index in [1.807, 2.05) is 0 Å². The number of hydrogen-bond donors (Lipinski definition) is 1. The van der Waals surface area contributed by atoms with Gasteiger partial charge in [-0.3, -0.25) is 4.90 Å². The van der Waals surface area contributed by atoms with Gasteiger partial charge < -0.3 is 5.11 Å². The molecule has 2 fully saturated rings. The average Bonchev–Trinajstić information content (AvgIpc) is 2.59. The Kier molecular flexibility index (Phi) is 3.33. The monoisotopic (exact) mass is 233 g/mol. The Bertz CT molecular complexity index is 307. The van der Waals surface area contributed by atoms with Crippen LogP contribution in [0.25, 0.3) is 0 Å². The predicted molar refractivity (Wildman–Crippen MR) is 58.4 cm³/mol. The Morgan fingerprint density at radius 1 is 1.20 bits per heavy atom. The number of likely N-dealkylation sites (tertiary alicyclic amines) is 1. The minimum absolute atomic E-state index is 0.245.